The van der Waals surface area contributed by atoms with Crippen LogP contribution in [0.5, 0.6) is 5.75 Å². The number of hydrogen-bond donors (Lipinski definition) is 1. The van der Waals surface area contributed by atoms with Crippen LogP contribution in [0.2, 0.25) is 0 Å². The van der Waals surface area contributed by atoms with Gasteiger partial charge in [0, 0.05) is 35.2 Å². The lowest BCUT2D eigenvalue weighted by Crippen LogP contribution is -2.16. The molecule has 0 aliphatic carbocycles. The molecular formula is C23H16N4O7. The van der Waals surface area contributed by atoms with Gasteiger partial charge in [0.05, 0.1) is 16.1 Å². The molecule has 0 saturated heterocycles. The van der Waals surface area contributed by atoms with Crippen LogP contribution in [0, 0.1) is 20.2 Å². The van der Waals surface area contributed by atoms with E-state index in [9.17, 15) is 25.0 Å². The van der Waals surface area contributed by atoms with Crippen molar-refractivity contribution in [1.82, 2.24) is 5.43 Å². The number of para-hydroxylation sites is 1. The molecule has 3 aromatic carbocycles. The fourth-order valence-electron chi connectivity index (χ4n) is 3.07. The lowest BCUT2D eigenvalue weighted by molar-refractivity contribution is -0.385. The van der Waals surface area contributed by atoms with E-state index in [1.165, 1.54) is 42.6 Å². The number of benzene rings is 3. The van der Waals surface area contributed by atoms with Crippen molar-refractivity contribution >= 4 is 34.5 Å². The smallest absolute Gasteiger partial charge is 0.307 e. The van der Waals surface area contributed by atoms with Crippen LogP contribution < -0.4 is 10.2 Å². The Morgan fingerprint density at radius 2 is 1.68 bits per heavy atom. The predicted molar refractivity (Wildman–Crippen MR) is 122 cm³/mol. The summed E-state index contributed by atoms with van der Waals surface area (Å²) in [5.74, 6) is -0.176. The Bertz CT molecular complexity index is 1410. The molecule has 4 rings (SSSR count). The molecule has 34 heavy (non-hydrogen) atoms. The van der Waals surface area contributed by atoms with Crippen LogP contribution >= 0.6 is 0 Å². The van der Waals surface area contributed by atoms with Crippen LogP contribution in [-0.2, 0) is 6.61 Å². The number of rotatable bonds is 8. The van der Waals surface area contributed by atoms with E-state index in [-0.39, 0.29) is 23.7 Å². The van der Waals surface area contributed by atoms with E-state index in [0.29, 0.717) is 22.3 Å². The van der Waals surface area contributed by atoms with E-state index in [2.05, 4.69) is 10.5 Å². The third-order valence-electron chi connectivity index (χ3n) is 4.76. The SMILES string of the molecule is O=C(N/N=C/c1ccccc1OCc1ccc([N+](=O)[O-])cc1)c1cc2cc([N+](=O)[O-])ccc2o1. The molecule has 1 heterocycles. The Balaban J connectivity index is 1.41. The molecule has 0 atom stereocenters. The summed E-state index contributed by atoms with van der Waals surface area (Å²) >= 11 is 0. The van der Waals surface area contributed by atoms with Crippen molar-refractivity contribution in [3.05, 3.63) is 110 Å². The molecule has 0 unspecified atom stereocenters. The van der Waals surface area contributed by atoms with Gasteiger partial charge < -0.3 is 9.15 Å². The van der Waals surface area contributed by atoms with Gasteiger partial charge in [-0.1, -0.05) is 12.1 Å². The molecule has 1 amide bonds. The molecule has 0 spiro atoms. The number of nitro groups is 2. The molecule has 170 valence electrons. The second-order valence-electron chi connectivity index (χ2n) is 7.04. The zero-order valence-corrected chi connectivity index (χ0v) is 17.4. The predicted octanol–water partition coefficient (Wildman–Crippen LogP) is 4.59. The highest BCUT2D eigenvalue weighted by molar-refractivity contribution is 5.97. The molecule has 11 nitrogen and oxygen atoms in total. The second kappa shape index (κ2) is 9.61. The fourth-order valence-corrected chi connectivity index (χ4v) is 3.07. The molecule has 0 saturated carbocycles. The maximum Gasteiger partial charge on any atom is 0.307 e. The third-order valence-corrected chi connectivity index (χ3v) is 4.76. The van der Waals surface area contributed by atoms with E-state index in [0.717, 1.165) is 5.56 Å². The average molecular weight is 460 g/mol. The maximum absolute atomic E-state index is 12.4. The van der Waals surface area contributed by atoms with Crippen LogP contribution in [-0.4, -0.2) is 22.0 Å². The van der Waals surface area contributed by atoms with Crippen molar-refractivity contribution in [1.29, 1.82) is 0 Å². The van der Waals surface area contributed by atoms with E-state index in [1.54, 1.807) is 36.4 Å². The van der Waals surface area contributed by atoms with Crippen LogP contribution in [0.1, 0.15) is 21.7 Å². The normalized spacial score (nSPS) is 10.9. The summed E-state index contributed by atoms with van der Waals surface area (Å²) < 4.78 is 11.2. The first-order valence-corrected chi connectivity index (χ1v) is 9.87. The van der Waals surface area contributed by atoms with Crippen LogP contribution in [0.4, 0.5) is 11.4 Å². The first-order valence-electron chi connectivity index (χ1n) is 9.87. The van der Waals surface area contributed by atoms with E-state index >= 15 is 0 Å². The van der Waals surface area contributed by atoms with Gasteiger partial charge in [-0.25, -0.2) is 5.43 Å². The number of nitrogens with zero attached hydrogens (tertiary/aromatic N) is 3. The average Bonchev–Trinajstić information content (AvgIpc) is 3.27. The largest absolute Gasteiger partial charge is 0.488 e. The highest BCUT2D eigenvalue weighted by Crippen LogP contribution is 2.24. The molecule has 0 bridgehead atoms. The Labute approximate surface area is 191 Å². The number of nitrogens with one attached hydrogen (secondary N) is 1. The molecule has 4 aromatic rings. The van der Waals surface area contributed by atoms with Gasteiger partial charge >= 0.3 is 5.91 Å². The number of ether oxygens (including phenoxy) is 1. The van der Waals surface area contributed by atoms with Crippen molar-refractivity contribution < 1.29 is 23.8 Å². The lowest BCUT2D eigenvalue weighted by Gasteiger charge is -2.09. The summed E-state index contributed by atoms with van der Waals surface area (Å²) in [7, 11) is 0. The molecule has 11 heteroatoms. The Morgan fingerprint density at radius 3 is 2.41 bits per heavy atom. The fraction of sp³-hybridized carbons (Fsp3) is 0.0435. The van der Waals surface area contributed by atoms with Crippen molar-refractivity contribution in [2.45, 2.75) is 6.61 Å². The van der Waals surface area contributed by atoms with Gasteiger partial charge in [-0.3, -0.25) is 25.0 Å². The minimum Gasteiger partial charge on any atom is -0.488 e. The summed E-state index contributed by atoms with van der Waals surface area (Å²) in [5, 5.41) is 26.0. The highest BCUT2D eigenvalue weighted by atomic mass is 16.6. The third kappa shape index (κ3) is 5.05. The summed E-state index contributed by atoms with van der Waals surface area (Å²) in [6.45, 7) is 0.181. The zero-order valence-electron chi connectivity index (χ0n) is 17.4. The highest BCUT2D eigenvalue weighted by Gasteiger charge is 2.14. The number of furan rings is 1. The number of non-ortho nitro benzene ring substituents is 2. The number of fused-ring (bicyclic) bond motifs is 1. The van der Waals surface area contributed by atoms with Gasteiger partial charge in [0.15, 0.2) is 5.76 Å². The minimum absolute atomic E-state index is 0.00491. The maximum atomic E-state index is 12.4. The second-order valence-corrected chi connectivity index (χ2v) is 7.04. The molecule has 1 N–H and O–H groups in total. The van der Waals surface area contributed by atoms with Gasteiger partial charge in [-0.05, 0) is 42.0 Å². The summed E-state index contributed by atoms with van der Waals surface area (Å²) in [6, 6.07) is 18.4. The van der Waals surface area contributed by atoms with Crippen molar-refractivity contribution in [3.63, 3.8) is 0 Å². The summed E-state index contributed by atoms with van der Waals surface area (Å²) in [5.41, 5.74) is 3.91. The number of hydrazone groups is 1. The van der Waals surface area contributed by atoms with Gasteiger partial charge in [-0.15, -0.1) is 0 Å². The first-order chi connectivity index (χ1) is 16.4. The van der Waals surface area contributed by atoms with E-state index in [1.807, 2.05) is 0 Å². The Hall–Kier alpha value is -5.06. The van der Waals surface area contributed by atoms with Crippen molar-refractivity contribution in [2.75, 3.05) is 0 Å². The summed E-state index contributed by atoms with van der Waals surface area (Å²) in [4.78, 5) is 33.0. The number of carbonyl (C=O) groups is 1. The quantitative estimate of drug-likeness (QED) is 0.229. The monoisotopic (exact) mass is 460 g/mol. The molecular weight excluding hydrogens is 444 g/mol. The molecule has 0 radical (unpaired) electrons. The number of hydrogen-bond acceptors (Lipinski definition) is 8. The van der Waals surface area contributed by atoms with Gasteiger partial charge in [0.25, 0.3) is 11.4 Å². The molecule has 0 aliphatic heterocycles. The first kappa shape index (κ1) is 22.1. The van der Waals surface area contributed by atoms with Gasteiger partial charge in [0.1, 0.15) is 17.9 Å². The van der Waals surface area contributed by atoms with Crippen LogP contribution in [0.3, 0.4) is 0 Å². The topological polar surface area (TPSA) is 150 Å². The van der Waals surface area contributed by atoms with Gasteiger partial charge in [0.2, 0.25) is 0 Å². The van der Waals surface area contributed by atoms with E-state index < -0.39 is 15.8 Å². The Kier molecular flexibility index (Phi) is 6.26. The van der Waals surface area contributed by atoms with Gasteiger partial charge in [-0.2, -0.15) is 5.10 Å². The van der Waals surface area contributed by atoms with Crippen LogP contribution in [0.15, 0.2) is 82.3 Å². The minimum atomic E-state index is -0.626. The van der Waals surface area contributed by atoms with Crippen molar-refractivity contribution in [3.8, 4) is 5.75 Å². The van der Waals surface area contributed by atoms with E-state index in [4.69, 9.17) is 9.15 Å². The molecule has 0 fully saturated rings. The zero-order chi connectivity index (χ0) is 24.1. The number of nitro benzene ring substituents is 2. The molecule has 0 aliphatic rings. The number of amides is 1. The molecule has 1 aromatic heterocycles. The lowest BCUT2D eigenvalue weighted by atomic mass is 10.2. The van der Waals surface area contributed by atoms with Crippen molar-refractivity contribution in [2.24, 2.45) is 5.10 Å². The Morgan fingerprint density at radius 1 is 0.971 bits per heavy atom. The standard InChI is InChI=1S/C23H16N4O7/c28-23(22-12-17-11-19(27(31)32)9-10-21(17)34-22)25-24-13-16-3-1-2-4-20(16)33-14-15-5-7-18(8-6-15)26(29)30/h1-13H,14H2,(H,25,28)/b24-13+. The number of carbonyl (C=O) groups excluding carboxylic acids is 1. The summed E-state index contributed by atoms with van der Waals surface area (Å²) in [6.07, 6.45) is 1.40. The van der Waals surface area contributed by atoms with Crippen LogP contribution in [0.25, 0.3) is 11.0 Å².